The molecule has 1 amide bonds. The van der Waals surface area contributed by atoms with E-state index in [2.05, 4.69) is 25.7 Å². The van der Waals surface area contributed by atoms with E-state index >= 15 is 0 Å². The molecule has 0 fully saturated rings. The fourth-order valence-electron chi connectivity index (χ4n) is 2.63. The quantitative estimate of drug-likeness (QED) is 0.545. The number of aryl methyl sites for hydroxylation is 2. The average molecular weight is 393 g/mol. The third kappa shape index (κ3) is 3.89. The molecule has 4 rings (SSSR count). The second-order valence-corrected chi connectivity index (χ2v) is 6.77. The summed E-state index contributed by atoms with van der Waals surface area (Å²) in [6.07, 6.45) is -0.617. The van der Waals surface area contributed by atoms with Crippen LogP contribution in [0.3, 0.4) is 0 Å². The molecule has 0 aliphatic heterocycles. The molecule has 0 atom stereocenters. The van der Waals surface area contributed by atoms with Crippen LogP contribution < -0.4 is 10.1 Å². The zero-order valence-electron chi connectivity index (χ0n) is 15.0. The summed E-state index contributed by atoms with van der Waals surface area (Å²) in [5.74, 6) is 1.43. The number of ether oxygens (including phenoxy) is 1. The second-order valence-electron chi connectivity index (χ2n) is 5.94. The first kappa shape index (κ1) is 17.8. The smallest absolute Gasteiger partial charge is 0.418 e. The van der Waals surface area contributed by atoms with Crippen molar-refractivity contribution in [2.24, 2.45) is 0 Å². The minimum atomic E-state index is -0.617. The molecule has 4 aromatic rings. The SMILES string of the molecule is Cc1nnc(-c2ccc(-c3cc(OC(=O)Nc4nncs4)ccc3C)cc2)o1. The maximum absolute atomic E-state index is 12.0. The zero-order valence-corrected chi connectivity index (χ0v) is 15.9. The van der Waals surface area contributed by atoms with Crippen LogP contribution in [0.2, 0.25) is 0 Å². The van der Waals surface area contributed by atoms with Gasteiger partial charge in [0.15, 0.2) is 0 Å². The molecule has 2 aromatic heterocycles. The van der Waals surface area contributed by atoms with Crippen LogP contribution in [0.5, 0.6) is 5.75 Å². The van der Waals surface area contributed by atoms with Crippen molar-refractivity contribution < 1.29 is 13.9 Å². The number of hydrogen-bond acceptors (Lipinski definition) is 8. The molecule has 8 nitrogen and oxygen atoms in total. The number of anilines is 1. The second kappa shape index (κ2) is 7.57. The van der Waals surface area contributed by atoms with E-state index in [1.807, 2.05) is 43.3 Å². The van der Waals surface area contributed by atoms with Crippen molar-refractivity contribution in [2.45, 2.75) is 13.8 Å². The number of nitrogens with one attached hydrogen (secondary N) is 1. The van der Waals surface area contributed by atoms with E-state index in [1.165, 1.54) is 16.8 Å². The number of carbonyl (C=O) groups is 1. The van der Waals surface area contributed by atoms with Gasteiger partial charge in [-0.05, 0) is 47.9 Å². The maximum Gasteiger partial charge on any atom is 0.418 e. The predicted octanol–water partition coefficient (Wildman–Crippen LogP) is 4.48. The Balaban J connectivity index is 1.54. The summed E-state index contributed by atoms with van der Waals surface area (Å²) in [7, 11) is 0. The molecule has 0 saturated carbocycles. The minimum Gasteiger partial charge on any atom is -0.421 e. The van der Waals surface area contributed by atoms with E-state index in [9.17, 15) is 4.79 Å². The molecule has 1 N–H and O–H groups in total. The Labute approximate surface area is 164 Å². The van der Waals surface area contributed by atoms with Crippen LogP contribution >= 0.6 is 11.3 Å². The van der Waals surface area contributed by atoms with Gasteiger partial charge in [0, 0.05) is 12.5 Å². The third-order valence-corrected chi connectivity index (χ3v) is 4.56. The predicted molar refractivity (Wildman–Crippen MR) is 104 cm³/mol. The van der Waals surface area contributed by atoms with Crippen molar-refractivity contribution >= 4 is 22.6 Å². The van der Waals surface area contributed by atoms with Gasteiger partial charge in [0.25, 0.3) is 0 Å². The number of rotatable bonds is 4. The summed E-state index contributed by atoms with van der Waals surface area (Å²) in [4.78, 5) is 12.0. The van der Waals surface area contributed by atoms with Gasteiger partial charge >= 0.3 is 6.09 Å². The Morgan fingerprint density at radius 1 is 1.04 bits per heavy atom. The van der Waals surface area contributed by atoms with E-state index in [0.717, 1.165) is 22.3 Å². The third-order valence-electron chi connectivity index (χ3n) is 3.96. The van der Waals surface area contributed by atoms with Crippen LogP contribution in [0.15, 0.2) is 52.4 Å². The van der Waals surface area contributed by atoms with Gasteiger partial charge < -0.3 is 9.15 Å². The highest BCUT2D eigenvalue weighted by Crippen LogP contribution is 2.30. The monoisotopic (exact) mass is 393 g/mol. The molecular weight excluding hydrogens is 378 g/mol. The highest BCUT2D eigenvalue weighted by molar-refractivity contribution is 7.13. The fourth-order valence-corrected chi connectivity index (χ4v) is 3.06. The lowest BCUT2D eigenvalue weighted by molar-refractivity contribution is 0.215. The number of amides is 1. The maximum atomic E-state index is 12.0. The molecule has 0 aliphatic rings. The largest absolute Gasteiger partial charge is 0.421 e. The van der Waals surface area contributed by atoms with Crippen LogP contribution in [-0.2, 0) is 0 Å². The number of benzene rings is 2. The van der Waals surface area contributed by atoms with Gasteiger partial charge in [-0.1, -0.05) is 29.5 Å². The van der Waals surface area contributed by atoms with E-state index in [0.29, 0.717) is 22.7 Å². The van der Waals surface area contributed by atoms with Crippen LogP contribution in [0.4, 0.5) is 9.93 Å². The van der Waals surface area contributed by atoms with Gasteiger partial charge in [-0.3, -0.25) is 5.32 Å². The van der Waals surface area contributed by atoms with Gasteiger partial charge in [-0.25, -0.2) is 4.79 Å². The molecule has 0 unspecified atom stereocenters. The van der Waals surface area contributed by atoms with Gasteiger partial charge in [0.05, 0.1) is 0 Å². The molecule has 0 radical (unpaired) electrons. The average Bonchev–Trinajstić information content (AvgIpc) is 3.35. The summed E-state index contributed by atoms with van der Waals surface area (Å²) < 4.78 is 10.8. The summed E-state index contributed by atoms with van der Waals surface area (Å²) in [5.41, 5.74) is 5.35. The molecule has 0 bridgehead atoms. The molecule has 2 aromatic carbocycles. The molecule has 9 heteroatoms. The molecule has 0 aliphatic carbocycles. The number of nitrogens with zero attached hydrogens (tertiary/aromatic N) is 4. The first-order valence-electron chi connectivity index (χ1n) is 8.35. The molecule has 2 heterocycles. The lowest BCUT2D eigenvalue weighted by Gasteiger charge is -2.10. The standard InChI is InChI=1S/C19H15N5O3S/c1-11-3-8-15(27-19(25)21-18-24-20-10-28-18)9-16(11)13-4-6-14(7-5-13)17-23-22-12(2)26-17/h3-10H,1-2H3,(H,21,24,25). The Morgan fingerprint density at radius 2 is 1.82 bits per heavy atom. The van der Waals surface area contributed by atoms with Crippen molar-refractivity contribution in [3.8, 4) is 28.3 Å². The van der Waals surface area contributed by atoms with Crippen molar-refractivity contribution in [2.75, 3.05) is 5.32 Å². The van der Waals surface area contributed by atoms with Crippen molar-refractivity contribution in [3.63, 3.8) is 0 Å². The van der Waals surface area contributed by atoms with Crippen LogP contribution in [-0.4, -0.2) is 26.5 Å². The van der Waals surface area contributed by atoms with E-state index in [-0.39, 0.29) is 0 Å². The number of hydrogen-bond donors (Lipinski definition) is 1. The minimum absolute atomic E-state index is 0.379. The van der Waals surface area contributed by atoms with Gasteiger partial charge in [0.1, 0.15) is 11.3 Å². The molecule has 0 saturated heterocycles. The highest BCUT2D eigenvalue weighted by Gasteiger charge is 2.11. The van der Waals surface area contributed by atoms with Crippen LogP contribution in [0.25, 0.3) is 22.6 Å². The normalized spacial score (nSPS) is 10.6. The lowest BCUT2D eigenvalue weighted by atomic mass is 9.99. The lowest BCUT2D eigenvalue weighted by Crippen LogP contribution is -2.16. The van der Waals surface area contributed by atoms with Gasteiger partial charge in [-0.15, -0.1) is 20.4 Å². The van der Waals surface area contributed by atoms with Crippen molar-refractivity contribution in [3.05, 3.63) is 59.4 Å². The van der Waals surface area contributed by atoms with E-state index in [4.69, 9.17) is 9.15 Å². The fraction of sp³-hybridized carbons (Fsp3) is 0.105. The molecule has 28 heavy (non-hydrogen) atoms. The summed E-state index contributed by atoms with van der Waals surface area (Å²) in [6, 6.07) is 13.2. The Morgan fingerprint density at radius 3 is 2.50 bits per heavy atom. The summed E-state index contributed by atoms with van der Waals surface area (Å²) in [6.45, 7) is 3.75. The number of carbonyl (C=O) groups excluding carboxylic acids is 1. The molecule has 140 valence electrons. The Kier molecular flexibility index (Phi) is 4.81. The Bertz CT molecular complexity index is 1110. The van der Waals surface area contributed by atoms with Crippen molar-refractivity contribution in [1.29, 1.82) is 0 Å². The molecular formula is C19H15N5O3S. The van der Waals surface area contributed by atoms with Crippen LogP contribution in [0.1, 0.15) is 11.5 Å². The topological polar surface area (TPSA) is 103 Å². The van der Waals surface area contributed by atoms with Gasteiger partial charge in [0.2, 0.25) is 16.9 Å². The highest BCUT2D eigenvalue weighted by atomic mass is 32.1. The molecule has 0 spiro atoms. The number of aromatic nitrogens is 4. The van der Waals surface area contributed by atoms with Crippen LogP contribution in [0, 0.1) is 13.8 Å². The van der Waals surface area contributed by atoms with E-state index < -0.39 is 6.09 Å². The van der Waals surface area contributed by atoms with Crippen molar-refractivity contribution in [1.82, 2.24) is 20.4 Å². The van der Waals surface area contributed by atoms with Gasteiger partial charge in [-0.2, -0.15) is 0 Å². The first-order chi connectivity index (χ1) is 13.6. The zero-order chi connectivity index (χ0) is 19.5. The summed E-state index contributed by atoms with van der Waals surface area (Å²) >= 11 is 1.21. The Hall–Kier alpha value is -3.59. The van der Waals surface area contributed by atoms with E-state index in [1.54, 1.807) is 13.0 Å². The summed E-state index contributed by atoms with van der Waals surface area (Å²) in [5, 5.41) is 18.2. The first-order valence-corrected chi connectivity index (χ1v) is 9.23.